The molecule has 0 aliphatic heterocycles. The Hall–Kier alpha value is -2.11. The van der Waals surface area contributed by atoms with E-state index in [9.17, 15) is 10.1 Å². The molecule has 1 aromatic carbocycles. The smallest absolute Gasteiger partial charge is 0.292 e. The van der Waals surface area contributed by atoms with Gasteiger partial charge in [0.05, 0.1) is 11.0 Å². The molecule has 0 atom stereocenters. The number of nitro benzene ring substituents is 1. The lowest BCUT2D eigenvalue weighted by Crippen LogP contribution is -2.18. The Morgan fingerprint density at radius 1 is 1.25 bits per heavy atom. The summed E-state index contributed by atoms with van der Waals surface area (Å²) in [6.45, 7) is 0. The number of benzene rings is 1. The van der Waals surface area contributed by atoms with Gasteiger partial charge in [-0.25, -0.2) is 0 Å². The van der Waals surface area contributed by atoms with Crippen LogP contribution in [0.15, 0.2) is 23.2 Å². The molecular weight excluding hydrogens is 256 g/mol. The fraction of sp³-hybridized carbons (Fsp3) is 0.500. The third-order valence-electron chi connectivity index (χ3n) is 3.67. The summed E-state index contributed by atoms with van der Waals surface area (Å²) in [6, 6.07) is 4.81. The zero-order valence-electron chi connectivity index (χ0n) is 11.4. The van der Waals surface area contributed by atoms with Crippen molar-refractivity contribution in [3.05, 3.63) is 33.9 Å². The third-order valence-corrected chi connectivity index (χ3v) is 3.67. The van der Waals surface area contributed by atoms with Crippen molar-refractivity contribution in [2.24, 2.45) is 10.7 Å². The lowest BCUT2D eigenvalue weighted by molar-refractivity contribution is -0.383. The largest absolute Gasteiger partial charge is 0.393 e. The van der Waals surface area contributed by atoms with Crippen LogP contribution in [0.5, 0.6) is 0 Å². The summed E-state index contributed by atoms with van der Waals surface area (Å²) in [4.78, 5) is 14.9. The number of nitrogens with two attached hydrogens (primary N) is 2. The van der Waals surface area contributed by atoms with Crippen LogP contribution in [0.25, 0.3) is 0 Å². The fourth-order valence-electron chi connectivity index (χ4n) is 2.52. The quantitative estimate of drug-likeness (QED) is 0.221. The van der Waals surface area contributed by atoms with E-state index >= 15 is 0 Å². The number of hydrogen-bond acceptors (Lipinski definition) is 4. The first kappa shape index (κ1) is 14.3. The van der Waals surface area contributed by atoms with E-state index in [1.54, 1.807) is 6.07 Å². The molecule has 0 bridgehead atoms. The number of nitrogen functional groups attached to an aromatic ring is 1. The highest BCUT2D eigenvalue weighted by atomic mass is 16.6. The Morgan fingerprint density at radius 2 is 1.90 bits per heavy atom. The normalized spacial score (nSPS) is 17.7. The van der Waals surface area contributed by atoms with Crippen LogP contribution in [-0.2, 0) is 0 Å². The maximum Gasteiger partial charge on any atom is 0.292 e. The minimum Gasteiger partial charge on any atom is -0.393 e. The van der Waals surface area contributed by atoms with Crippen molar-refractivity contribution in [1.29, 1.82) is 0 Å². The highest BCUT2D eigenvalue weighted by Crippen LogP contribution is 2.23. The second kappa shape index (κ2) is 6.36. The number of rotatable bonds is 3. The van der Waals surface area contributed by atoms with Crippen molar-refractivity contribution in [3.8, 4) is 0 Å². The van der Waals surface area contributed by atoms with E-state index in [1.165, 1.54) is 37.8 Å². The number of nitro groups is 1. The first-order valence-electron chi connectivity index (χ1n) is 6.95. The molecular formula is C14H20N4O2. The Labute approximate surface area is 118 Å². The van der Waals surface area contributed by atoms with Gasteiger partial charge in [-0.05, 0) is 25.0 Å². The van der Waals surface area contributed by atoms with Crippen molar-refractivity contribution >= 4 is 17.2 Å². The predicted molar refractivity (Wildman–Crippen MR) is 79.7 cm³/mol. The zero-order chi connectivity index (χ0) is 14.5. The molecule has 4 N–H and O–H groups in total. The molecule has 0 saturated heterocycles. The Morgan fingerprint density at radius 3 is 2.50 bits per heavy atom. The van der Waals surface area contributed by atoms with Crippen LogP contribution in [0.3, 0.4) is 0 Å². The molecule has 1 fully saturated rings. The second-order valence-electron chi connectivity index (χ2n) is 5.19. The van der Waals surface area contributed by atoms with Gasteiger partial charge in [0.15, 0.2) is 0 Å². The second-order valence-corrected chi connectivity index (χ2v) is 5.19. The molecule has 0 spiro atoms. The zero-order valence-corrected chi connectivity index (χ0v) is 11.4. The highest BCUT2D eigenvalue weighted by molar-refractivity contribution is 5.98. The molecule has 1 aliphatic carbocycles. The van der Waals surface area contributed by atoms with Crippen LogP contribution in [0.4, 0.5) is 11.4 Å². The maximum absolute atomic E-state index is 10.9. The lowest BCUT2D eigenvalue weighted by atomic mass is 10.1. The van der Waals surface area contributed by atoms with Crippen LogP contribution in [-0.4, -0.2) is 16.8 Å². The van der Waals surface area contributed by atoms with Gasteiger partial charge in [0.1, 0.15) is 11.5 Å². The molecule has 0 radical (unpaired) electrons. The number of aliphatic imine (C=N–C) groups is 1. The summed E-state index contributed by atoms with van der Waals surface area (Å²) in [7, 11) is 0. The van der Waals surface area contributed by atoms with Gasteiger partial charge in [-0.3, -0.25) is 15.1 Å². The molecule has 6 nitrogen and oxygen atoms in total. The van der Waals surface area contributed by atoms with Crippen molar-refractivity contribution in [2.75, 3.05) is 5.73 Å². The highest BCUT2D eigenvalue weighted by Gasteiger charge is 2.15. The van der Waals surface area contributed by atoms with Crippen molar-refractivity contribution in [2.45, 2.75) is 44.6 Å². The minimum atomic E-state index is -0.502. The van der Waals surface area contributed by atoms with Crippen molar-refractivity contribution in [1.82, 2.24) is 0 Å². The van der Waals surface area contributed by atoms with Crippen molar-refractivity contribution in [3.63, 3.8) is 0 Å². The number of hydrogen-bond donors (Lipinski definition) is 2. The van der Waals surface area contributed by atoms with Gasteiger partial charge in [-0.15, -0.1) is 0 Å². The molecule has 0 unspecified atom stereocenters. The Bertz CT molecular complexity index is 520. The van der Waals surface area contributed by atoms with Crippen molar-refractivity contribution < 1.29 is 4.92 Å². The molecule has 1 saturated carbocycles. The summed E-state index contributed by atoms with van der Waals surface area (Å²) in [5.74, 6) is 0.361. The van der Waals surface area contributed by atoms with Gasteiger partial charge in [-0.1, -0.05) is 25.7 Å². The van der Waals surface area contributed by atoms with E-state index in [0.29, 0.717) is 11.4 Å². The molecule has 1 aromatic rings. The van der Waals surface area contributed by atoms with Crippen LogP contribution in [0.1, 0.15) is 44.1 Å². The topological polar surface area (TPSA) is 108 Å². The number of anilines is 1. The fourth-order valence-corrected chi connectivity index (χ4v) is 2.52. The summed E-state index contributed by atoms with van der Waals surface area (Å²) < 4.78 is 0. The number of amidine groups is 1. The first-order valence-corrected chi connectivity index (χ1v) is 6.95. The van der Waals surface area contributed by atoms with Gasteiger partial charge < -0.3 is 11.5 Å². The molecule has 20 heavy (non-hydrogen) atoms. The van der Waals surface area contributed by atoms with E-state index in [2.05, 4.69) is 4.99 Å². The van der Waals surface area contributed by atoms with Gasteiger partial charge >= 0.3 is 0 Å². The molecule has 0 amide bonds. The molecule has 2 rings (SSSR count). The van der Waals surface area contributed by atoms with Crippen LogP contribution in [0.2, 0.25) is 0 Å². The summed E-state index contributed by atoms with van der Waals surface area (Å²) in [5.41, 5.74) is 12.1. The average molecular weight is 276 g/mol. The molecule has 0 heterocycles. The lowest BCUT2D eigenvalue weighted by Gasteiger charge is -2.10. The van der Waals surface area contributed by atoms with E-state index in [4.69, 9.17) is 11.5 Å². The first-order chi connectivity index (χ1) is 9.58. The standard InChI is InChI=1S/C14H20N4O2/c15-12-8-7-10(9-13(12)18(19)20)14(16)17-11-5-3-1-2-4-6-11/h7-9,11H,1-6,15H2,(H2,16,17). The summed E-state index contributed by atoms with van der Waals surface area (Å²) >= 11 is 0. The van der Waals surface area contributed by atoms with Crippen LogP contribution in [0, 0.1) is 10.1 Å². The van der Waals surface area contributed by atoms with Crippen LogP contribution < -0.4 is 11.5 Å². The van der Waals surface area contributed by atoms with Gasteiger partial charge in [0, 0.05) is 11.6 Å². The van der Waals surface area contributed by atoms with Gasteiger partial charge in [-0.2, -0.15) is 0 Å². The monoisotopic (exact) mass is 276 g/mol. The van der Waals surface area contributed by atoms with E-state index < -0.39 is 4.92 Å². The predicted octanol–water partition coefficient (Wildman–Crippen LogP) is 2.61. The minimum absolute atomic E-state index is 0.124. The molecule has 108 valence electrons. The summed E-state index contributed by atoms with van der Waals surface area (Å²) in [6.07, 6.45) is 6.92. The van der Waals surface area contributed by atoms with Crippen LogP contribution >= 0.6 is 0 Å². The van der Waals surface area contributed by atoms with E-state index in [0.717, 1.165) is 12.8 Å². The SMILES string of the molecule is NC(=NC1CCCCCC1)c1ccc(N)c([N+](=O)[O-])c1. The molecule has 6 heteroatoms. The molecule has 0 aromatic heterocycles. The van der Waals surface area contributed by atoms with Gasteiger partial charge in [0.25, 0.3) is 5.69 Å². The maximum atomic E-state index is 10.9. The van der Waals surface area contributed by atoms with Gasteiger partial charge in [0.2, 0.25) is 0 Å². The summed E-state index contributed by atoms with van der Waals surface area (Å²) in [5, 5.41) is 10.9. The Balaban J connectivity index is 2.21. The average Bonchev–Trinajstić information content (AvgIpc) is 2.67. The Kier molecular flexibility index (Phi) is 4.55. The third kappa shape index (κ3) is 3.46. The molecule has 1 aliphatic rings. The number of nitrogens with zero attached hydrogens (tertiary/aromatic N) is 2. The van der Waals surface area contributed by atoms with E-state index in [1.807, 2.05) is 0 Å². The van der Waals surface area contributed by atoms with E-state index in [-0.39, 0.29) is 17.4 Å².